The van der Waals surface area contributed by atoms with Crippen molar-refractivity contribution in [3.63, 3.8) is 0 Å². The zero-order valence-corrected chi connectivity index (χ0v) is 59.1. The molecule has 4 heterocycles. The van der Waals surface area contributed by atoms with Crippen molar-refractivity contribution >= 4 is 66.9 Å². The maximum absolute atomic E-state index is 6.31. The van der Waals surface area contributed by atoms with Gasteiger partial charge in [0, 0.05) is 21.5 Å². The Kier molecular flexibility index (Phi) is 57.6. The van der Waals surface area contributed by atoms with Crippen LogP contribution in [-0.4, -0.2) is 52.7 Å². The lowest BCUT2D eigenvalue weighted by molar-refractivity contribution is 0.647. The molecular weight excluding hydrogens is 1240 g/mol. The van der Waals surface area contributed by atoms with Gasteiger partial charge in [0.1, 0.15) is 23.3 Å². The van der Waals surface area contributed by atoms with Crippen molar-refractivity contribution in [2.75, 3.05) is 55.7 Å². The fraction of sp³-hybridized carbons (Fsp3) is 0.591. The van der Waals surface area contributed by atoms with E-state index in [1.54, 1.807) is 0 Å². The average molecular weight is 1400 g/mol. The molecule has 13 heteroatoms. The predicted molar refractivity (Wildman–Crippen MR) is 458 cm³/mol. The largest absolute Gasteiger partial charge is 0.383 e. The second-order valence-electron chi connectivity index (χ2n) is 26.4. The number of nitrogen functional groups attached to an aromatic ring is 4. The molecule has 13 nitrogen and oxygen atoms in total. The van der Waals surface area contributed by atoms with Crippen LogP contribution in [0.5, 0.6) is 0 Å². The molecule has 0 unspecified atom stereocenters. The number of rotatable bonds is 41. The Morgan fingerprint density at radius 2 is 0.465 bits per heavy atom. The number of pyridine rings is 4. The molecular formula is C88H155N13. The monoisotopic (exact) mass is 1390 g/mol. The van der Waals surface area contributed by atoms with Gasteiger partial charge in [0.2, 0.25) is 0 Å². The fourth-order valence-corrected chi connectivity index (χ4v) is 12.4. The molecule has 0 radical (unpaired) electrons. The van der Waals surface area contributed by atoms with Gasteiger partial charge in [-0.3, -0.25) is 0 Å². The van der Waals surface area contributed by atoms with E-state index in [1.807, 2.05) is 0 Å². The maximum Gasteiger partial charge on any atom is 0.127 e. The first kappa shape index (κ1) is 98.7. The van der Waals surface area contributed by atoms with E-state index in [0.29, 0.717) is 23.3 Å². The summed E-state index contributed by atoms with van der Waals surface area (Å²) in [5, 5.41) is 4.89. The molecule has 0 saturated heterocycles. The van der Waals surface area contributed by atoms with Crippen LogP contribution in [0.15, 0.2) is 91.0 Å². The van der Waals surface area contributed by atoms with Gasteiger partial charge >= 0.3 is 0 Å². The van der Waals surface area contributed by atoms with Crippen LogP contribution < -0.4 is 51.6 Å². The zero-order chi connectivity index (χ0) is 67.6. The molecule has 8 aromatic rings. The Morgan fingerprint density at radius 1 is 0.228 bits per heavy atom. The van der Waals surface area contributed by atoms with Crippen LogP contribution in [0.2, 0.25) is 0 Å². The normalized spacial score (nSPS) is 10.5. The molecule has 0 spiro atoms. The molecule has 0 bridgehead atoms. The van der Waals surface area contributed by atoms with E-state index < -0.39 is 0 Å². The summed E-state index contributed by atoms with van der Waals surface area (Å²) in [4.78, 5) is 18.6. The number of aromatic nitrogens is 4. The van der Waals surface area contributed by atoms with Crippen LogP contribution in [0.3, 0.4) is 0 Å². The average Bonchev–Trinajstić information content (AvgIpc) is 0.814. The Morgan fingerprint density at radius 3 is 0.792 bits per heavy atom. The van der Waals surface area contributed by atoms with Crippen LogP contribution in [0.25, 0.3) is 43.6 Å². The first-order chi connectivity index (χ1) is 45.9. The number of nitrogens with zero attached hydrogens (tertiary/aromatic N) is 4. The van der Waals surface area contributed by atoms with E-state index >= 15 is 0 Å². The van der Waals surface area contributed by atoms with E-state index in [9.17, 15) is 0 Å². The molecule has 0 saturated carbocycles. The molecule has 8 rings (SSSR count). The quantitative estimate of drug-likeness (QED) is 0.0161. The second kappa shape index (κ2) is 59.0. The Bertz CT molecular complexity index is 3380. The van der Waals surface area contributed by atoms with Gasteiger partial charge in [0.25, 0.3) is 0 Å². The SMILES string of the molecule is C.C.C.C.C.C.C.CCCCCc1cc2c(CCCCCN)cc(CCCCCN)cc2nc1N.CCCCCc1cc2ccc(CCCCCCN)cc2nc1N.CCCCCc1cc2ccc(CCCCCN)cc2nc1N.CCCCCc1cc2ccc(CCCCN)cc2nc1N. The first-order valence-corrected chi connectivity index (χ1v) is 37.2. The van der Waals surface area contributed by atoms with Crippen molar-refractivity contribution in [1.82, 2.24) is 19.9 Å². The van der Waals surface area contributed by atoms with Crippen molar-refractivity contribution in [3.05, 3.63) is 141 Å². The fourth-order valence-electron chi connectivity index (χ4n) is 12.4. The van der Waals surface area contributed by atoms with Crippen LogP contribution >= 0.6 is 0 Å². The highest BCUT2D eigenvalue weighted by atomic mass is 14.9. The van der Waals surface area contributed by atoms with E-state index in [1.165, 1.54) is 206 Å². The van der Waals surface area contributed by atoms with E-state index in [-0.39, 0.29) is 52.0 Å². The minimum absolute atomic E-state index is 0. The smallest absolute Gasteiger partial charge is 0.127 e. The van der Waals surface area contributed by atoms with Crippen molar-refractivity contribution in [3.8, 4) is 0 Å². The van der Waals surface area contributed by atoms with Gasteiger partial charge in [-0.25, -0.2) is 19.9 Å². The van der Waals surface area contributed by atoms with Crippen molar-refractivity contribution in [2.24, 2.45) is 28.7 Å². The minimum atomic E-state index is 0. The Labute approximate surface area is 619 Å². The maximum atomic E-state index is 6.31. The van der Waals surface area contributed by atoms with E-state index in [2.05, 4.69) is 134 Å². The lowest BCUT2D eigenvalue weighted by Gasteiger charge is -2.13. The first-order valence-electron chi connectivity index (χ1n) is 37.2. The molecule has 0 amide bonds. The summed E-state index contributed by atoms with van der Waals surface area (Å²) < 4.78 is 0. The number of aryl methyl sites for hydroxylation is 9. The van der Waals surface area contributed by atoms with E-state index in [0.717, 1.165) is 151 Å². The van der Waals surface area contributed by atoms with E-state index in [4.69, 9.17) is 56.6 Å². The number of benzene rings is 4. The molecule has 0 aliphatic rings. The van der Waals surface area contributed by atoms with Crippen LogP contribution in [0.1, 0.15) is 303 Å². The lowest BCUT2D eigenvalue weighted by Crippen LogP contribution is -2.02. The lowest BCUT2D eigenvalue weighted by atomic mass is 9.95. The Balaban J connectivity index is -0.00000125. The third-order valence-corrected chi connectivity index (χ3v) is 18.2. The molecule has 0 fully saturated rings. The third-order valence-electron chi connectivity index (χ3n) is 18.2. The molecule has 101 heavy (non-hydrogen) atoms. The van der Waals surface area contributed by atoms with Gasteiger partial charge < -0.3 is 51.6 Å². The van der Waals surface area contributed by atoms with Crippen LogP contribution in [-0.2, 0) is 57.8 Å². The predicted octanol–water partition coefficient (Wildman–Crippen LogP) is 22.0. The molecule has 4 aromatic carbocycles. The van der Waals surface area contributed by atoms with Gasteiger partial charge in [0.15, 0.2) is 0 Å². The molecule has 572 valence electrons. The number of hydrogen-bond acceptors (Lipinski definition) is 13. The van der Waals surface area contributed by atoms with Gasteiger partial charge in [-0.15, -0.1) is 0 Å². The summed E-state index contributed by atoms with van der Waals surface area (Å²) in [6.07, 6.45) is 41.7. The molecule has 0 aliphatic heterocycles. The Hall–Kier alpha value is -6.48. The van der Waals surface area contributed by atoms with Gasteiger partial charge in [-0.2, -0.15) is 0 Å². The summed E-state index contributed by atoms with van der Waals surface area (Å²) in [7, 11) is 0. The second-order valence-corrected chi connectivity index (χ2v) is 26.4. The number of nitrogens with two attached hydrogens (primary N) is 9. The molecule has 0 atom stereocenters. The standard InChI is InChI=1S/C24H40N4.C20H31N3.C19H29N3.C18H27N3.7CH4/c1-2-3-6-13-21-18-22-20(12-8-5-10-15-26)16-19(11-7-4-9-14-25)17-23(22)28-24(21)27;1-2-3-6-10-18-15-17-12-11-16(9-7-4-5-8-13-21)14-19(17)23-20(18)22;1-2-3-5-9-17-14-16-11-10-15(8-6-4-7-12-20)13-18(16)22-19(17)21;1-2-3-4-8-16-13-15-10-9-14(7-5-6-11-19)12-17(15)21-18(16)20;;;;;;;/h16-18H,2-15,25-26H2,1H3,(H2,27,28);11-12,14-15H,2-10,13,21H2,1H3,(H2,22,23);10-11,13-14H,2-9,12,20H2,1H3,(H2,21,22);9-10,12-13H,2-8,11,19H2,1H3,(H2,20,21);7*1H4. The van der Waals surface area contributed by atoms with Crippen molar-refractivity contribution in [2.45, 2.75) is 311 Å². The van der Waals surface area contributed by atoms with Gasteiger partial charge in [-0.05, 0) is 279 Å². The summed E-state index contributed by atoms with van der Waals surface area (Å²) in [5.41, 5.74) is 68.3. The highest BCUT2D eigenvalue weighted by Crippen LogP contribution is 2.29. The van der Waals surface area contributed by atoms with Crippen molar-refractivity contribution in [1.29, 1.82) is 0 Å². The summed E-state index contributed by atoms with van der Waals surface area (Å²) >= 11 is 0. The number of hydrogen-bond donors (Lipinski definition) is 9. The van der Waals surface area contributed by atoms with Crippen LogP contribution in [0.4, 0.5) is 23.3 Å². The van der Waals surface area contributed by atoms with Crippen molar-refractivity contribution < 1.29 is 0 Å². The molecule has 18 N–H and O–H groups in total. The highest BCUT2D eigenvalue weighted by Gasteiger charge is 2.13. The van der Waals surface area contributed by atoms with Crippen LogP contribution in [0, 0.1) is 0 Å². The summed E-state index contributed by atoms with van der Waals surface area (Å²) in [5.74, 6) is 2.80. The summed E-state index contributed by atoms with van der Waals surface area (Å²) in [6, 6.07) is 33.3. The third kappa shape index (κ3) is 36.5. The number of unbranched alkanes of at least 4 members (excludes halogenated alkanes) is 18. The van der Waals surface area contributed by atoms with Gasteiger partial charge in [-0.1, -0.05) is 206 Å². The number of anilines is 4. The molecule has 4 aromatic heterocycles. The topological polar surface area (TPSA) is 286 Å². The number of fused-ring (bicyclic) bond motifs is 4. The molecule has 0 aliphatic carbocycles. The minimum Gasteiger partial charge on any atom is -0.383 e. The van der Waals surface area contributed by atoms with Gasteiger partial charge in [0.05, 0.1) is 22.1 Å². The highest BCUT2D eigenvalue weighted by molar-refractivity contribution is 5.86. The summed E-state index contributed by atoms with van der Waals surface area (Å²) in [6.45, 7) is 12.8. The zero-order valence-electron chi connectivity index (χ0n) is 59.1.